The van der Waals surface area contributed by atoms with E-state index in [9.17, 15) is 13.9 Å². The second-order valence-corrected chi connectivity index (χ2v) is 12.9. The summed E-state index contributed by atoms with van der Waals surface area (Å²) < 4.78 is 53.9. The molecule has 0 N–H and O–H groups in total. The second kappa shape index (κ2) is 11.8. The molecule has 6 atom stereocenters. The summed E-state index contributed by atoms with van der Waals surface area (Å²) in [5.74, 6) is -0.0159. The molecule has 0 aromatic heterocycles. The minimum absolute atomic E-state index is 0.0159. The number of morpholine rings is 2. The molecule has 0 saturated carbocycles. The predicted octanol–water partition coefficient (Wildman–Crippen LogP) is -1.49. The smallest absolute Gasteiger partial charge is 0.345 e. The number of hydrogen-bond acceptors (Lipinski definition) is 7. The Bertz CT molecular complexity index is 690. The summed E-state index contributed by atoms with van der Waals surface area (Å²) in [4.78, 5) is 13.5. The molecule has 31 heavy (non-hydrogen) atoms. The number of carbonyl (C=O) groups excluding carboxylic acids is 1. The molecule has 0 spiro atoms. The van der Waals surface area contributed by atoms with Gasteiger partial charge in [0, 0.05) is 45.1 Å². The van der Waals surface area contributed by atoms with Crippen molar-refractivity contribution in [3.8, 4) is 0 Å². The van der Waals surface area contributed by atoms with Crippen LogP contribution < -0.4 is 0 Å². The fourth-order valence-corrected chi connectivity index (χ4v) is 6.31. The van der Waals surface area contributed by atoms with Gasteiger partial charge < -0.3 is 23.4 Å². The van der Waals surface area contributed by atoms with Crippen LogP contribution in [0.4, 0.5) is 0 Å². The van der Waals surface area contributed by atoms with Crippen LogP contribution in [0.5, 0.6) is 0 Å². The molecule has 2 heterocycles. The number of ether oxygens (including phenoxy) is 2. The third kappa shape index (κ3) is 7.66. The van der Waals surface area contributed by atoms with Crippen molar-refractivity contribution in [3.63, 3.8) is 0 Å². The van der Waals surface area contributed by atoms with Gasteiger partial charge in [-0.25, -0.2) is 14.0 Å². The van der Waals surface area contributed by atoms with Crippen molar-refractivity contribution in [1.82, 2.24) is 18.9 Å². The minimum atomic E-state index is -3.37. The highest BCUT2D eigenvalue weighted by Gasteiger charge is 2.41. The SMILES string of the molecule is B[C@H]1CN(C(C)=O)CC(CO[P@@](=O)(N(C)C)N2CC(CO[PH](=O)N(C)C)O[C@@H](B)C2)O1. The van der Waals surface area contributed by atoms with Gasteiger partial charge in [0.05, 0.1) is 25.4 Å². The third-order valence-electron chi connectivity index (χ3n) is 5.13. The number of hydrogen-bond donors (Lipinski definition) is 0. The summed E-state index contributed by atoms with van der Waals surface area (Å²) in [6.07, 6.45) is -0.738. The molecular weight excluding hydrogens is 444 g/mol. The van der Waals surface area contributed by atoms with E-state index in [-0.39, 0.29) is 43.3 Å². The fourth-order valence-electron chi connectivity index (χ4n) is 3.64. The summed E-state index contributed by atoms with van der Waals surface area (Å²) in [7, 11) is 4.92. The van der Waals surface area contributed by atoms with Gasteiger partial charge in [-0.05, 0) is 28.2 Å². The molecule has 0 radical (unpaired) electrons. The monoisotopic (exact) mass is 480 g/mol. The van der Waals surface area contributed by atoms with Gasteiger partial charge in [-0.1, -0.05) is 0 Å². The molecule has 0 aromatic carbocycles. The van der Waals surface area contributed by atoms with E-state index in [1.807, 2.05) is 15.7 Å². The molecule has 2 saturated heterocycles. The van der Waals surface area contributed by atoms with E-state index in [1.165, 1.54) is 11.6 Å². The predicted molar refractivity (Wildman–Crippen MR) is 124 cm³/mol. The van der Waals surface area contributed by atoms with Gasteiger partial charge in [0.15, 0.2) is 0 Å². The molecule has 0 aromatic rings. The Morgan fingerprint density at radius 2 is 1.65 bits per heavy atom. The molecule has 2 rings (SSSR count). The zero-order chi connectivity index (χ0) is 23.3. The Morgan fingerprint density at radius 1 is 1.06 bits per heavy atom. The zero-order valence-electron chi connectivity index (χ0n) is 19.6. The van der Waals surface area contributed by atoms with Crippen LogP contribution in [0.25, 0.3) is 0 Å². The first-order valence-electron chi connectivity index (χ1n) is 10.5. The Hall–Kier alpha value is -0.220. The lowest BCUT2D eigenvalue weighted by molar-refractivity contribution is -0.140. The first-order valence-corrected chi connectivity index (χ1v) is 13.3. The Kier molecular flexibility index (Phi) is 10.3. The van der Waals surface area contributed by atoms with Crippen molar-refractivity contribution in [2.75, 3.05) is 67.6 Å². The number of amides is 1. The van der Waals surface area contributed by atoms with Gasteiger partial charge in [0.2, 0.25) is 5.91 Å². The maximum Gasteiger partial charge on any atom is 0.345 e. The molecule has 3 unspecified atom stereocenters. The van der Waals surface area contributed by atoms with Crippen molar-refractivity contribution in [1.29, 1.82) is 0 Å². The van der Waals surface area contributed by atoms with Crippen LogP contribution in [0.15, 0.2) is 0 Å². The fraction of sp³-hybridized carbons (Fsp3) is 0.938. The quantitative estimate of drug-likeness (QED) is 0.287. The van der Waals surface area contributed by atoms with Crippen LogP contribution in [-0.2, 0) is 32.4 Å². The molecule has 2 aliphatic rings. The summed E-state index contributed by atoms with van der Waals surface area (Å²) >= 11 is 0. The molecule has 1 amide bonds. The maximum atomic E-state index is 13.9. The van der Waals surface area contributed by atoms with Gasteiger partial charge in [0.1, 0.15) is 15.7 Å². The van der Waals surface area contributed by atoms with E-state index in [0.717, 1.165) is 0 Å². The van der Waals surface area contributed by atoms with Crippen molar-refractivity contribution >= 4 is 37.4 Å². The van der Waals surface area contributed by atoms with Crippen LogP contribution in [0.3, 0.4) is 0 Å². The van der Waals surface area contributed by atoms with Crippen LogP contribution >= 0.6 is 15.8 Å². The van der Waals surface area contributed by atoms with Crippen molar-refractivity contribution < 1.29 is 32.4 Å². The Balaban J connectivity index is 2.03. The highest BCUT2D eigenvalue weighted by atomic mass is 31.2. The van der Waals surface area contributed by atoms with Crippen LogP contribution in [0.2, 0.25) is 0 Å². The summed E-state index contributed by atoms with van der Waals surface area (Å²) in [6.45, 7) is 3.47. The zero-order valence-corrected chi connectivity index (χ0v) is 21.5. The molecule has 15 heteroatoms. The average Bonchev–Trinajstić information content (AvgIpc) is 2.69. The number of carbonyl (C=O) groups is 1. The summed E-state index contributed by atoms with van der Waals surface area (Å²) in [6, 6.07) is -0.310. The standard InChI is InChI=1S/C16H36B2N4O7P2/c1-12(23)21-6-13(28-15(17)8-21)11-27-31(25,20(4)5)22-7-14(29-16(18)9-22)10-26-30(24)19(2)3/h13-16,30H,6-11,17-18H2,1-5H3/t13?,14?,15-,16-,31+/m1/s1. The average molecular weight is 480 g/mol. The summed E-state index contributed by atoms with van der Waals surface area (Å²) in [5.41, 5.74) is 0. The molecule has 178 valence electrons. The largest absolute Gasteiger partial charge is 0.379 e. The minimum Gasteiger partial charge on any atom is -0.379 e. The topological polar surface area (TPSA) is 101 Å². The van der Waals surface area contributed by atoms with Gasteiger partial charge in [-0.15, -0.1) is 0 Å². The molecule has 2 fully saturated rings. The van der Waals surface area contributed by atoms with E-state index in [0.29, 0.717) is 26.2 Å². The van der Waals surface area contributed by atoms with Gasteiger partial charge >= 0.3 is 7.67 Å². The highest BCUT2D eigenvalue weighted by Crippen LogP contribution is 2.53. The van der Waals surface area contributed by atoms with Crippen LogP contribution in [-0.4, -0.2) is 132 Å². The molecule has 11 nitrogen and oxygen atoms in total. The van der Waals surface area contributed by atoms with Gasteiger partial charge in [0.25, 0.3) is 8.18 Å². The second-order valence-electron chi connectivity index (χ2n) is 8.54. The Morgan fingerprint density at radius 3 is 2.19 bits per heavy atom. The molecule has 2 aliphatic heterocycles. The third-order valence-corrected chi connectivity index (χ3v) is 8.81. The van der Waals surface area contributed by atoms with E-state index < -0.39 is 15.8 Å². The van der Waals surface area contributed by atoms with Crippen LogP contribution in [0, 0.1) is 0 Å². The highest BCUT2D eigenvalue weighted by molar-refractivity contribution is 7.53. The summed E-state index contributed by atoms with van der Waals surface area (Å²) in [5, 5.41) is 0. The molecule has 0 bridgehead atoms. The lowest BCUT2D eigenvalue weighted by Gasteiger charge is -2.43. The van der Waals surface area contributed by atoms with Crippen molar-refractivity contribution in [2.45, 2.75) is 31.1 Å². The van der Waals surface area contributed by atoms with E-state index >= 15 is 0 Å². The first kappa shape index (κ1) is 27.0. The van der Waals surface area contributed by atoms with Crippen molar-refractivity contribution in [3.05, 3.63) is 0 Å². The van der Waals surface area contributed by atoms with Gasteiger partial charge in [-0.3, -0.25) is 13.9 Å². The number of rotatable bonds is 9. The lowest BCUT2D eigenvalue weighted by atomic mass is 9.97. The molecular formula is C16H36B2N4O7P2. The van der Waals surface area contributed by atoms with E-state index in [1.54, 1.807) is 42.4 Å². The van der Waals surface area contributed by atoms with E-state index in [2.05, 4.69) is 0 Å². The van der Waals surface area contributed by atoms with Gasteiger partial charge in [-0.2, -0.15) is 0 Å². The maximum absolute atomic E-state index is 13.9. The normalized spacial score (nSPS) is 31.0. The lowest BCUT2D eigenvalue weighted by Crippen LogP contribution is -2.52. The van der Waals surface area contributed by atoms with Crippen molar-refractivity contribution in [2.24, 2.45) is 0 Å². The van der Waals surface area contributed by atoms with E-state index in [4.69, 9.17) is 18.5 Å². The van der Waals surface area contributed by atoms with Crippen LogP contribution in [0.1, 0.15) is 6.92 Å². The number of nitrogens with zero attached hydrogens (tertiary/aromatic N) is 4. The Labute approximate surface area is 187 Å². The molecule has 0 aliphatic carbocycles. The first-order chi connectivity index (χ1) is 14.4.